The van der Waals surface area contributed by atoms with Gasteiger partial charge in [-0.2, -0.15) is 0 Å². The second-order valence-corrected chi connectivity index (χ2v) is 14.8. The third-order valence-electron chi connectivity index (χ3n) is 10.9. The predicted octanol–water partition coefficient (Wildman–Crippen LogP) is 13.2. The zero-order chi connectivity index (χ0) is 33.5. The SMILES string of the molecule is C1=CC2c3cc4c5cc6sc7ccc(-c8ccccc8)cc7c6cc5n(-c5ccccc5)c4cc3N(c3cccc(-c4ccccc4)c3)C2C=C1. The number of anilines is 2. The molecule has 11 rings (SSSR count). The quantitative estimate of drug-likeness (QED) is 0.181. The van der Waals surface area contributed by atoms with Crippen molar-refractivity contribution in [1.29, 1.82) is 0 Å². The summed E-state index contributed by atoms with van der Waals surface area (Å²) in [6, 6.07) is 58.4. The molecule has 2 aliphatic rings. The lowest BCUT2D eigenvalue weighted by Crippen LogP contribution is -2.28. The molecule has 2 unspecified atom stereocenters. The molecule has 1 aliphatic heterocycles. The molecule has 0 saturated heterocycles. The Morgan fingerprint density at radius 3 is 1.84 bits per heavy atom. The molecule has 51 heavy (non-hydrogen) atoms. The minimum Gasteiger partial charge on any atom is -0.333 e. The largest absolute Gasteiger partial charge is 0.333 e. The average Bonchev–Trinajstić information content (AvgIpc) is 3.83. The first kappa shape index (κ1) is 28.7. The Kier molecular flexibility index (Phi) is 6.28. The van der Waals surface area contributed by atoms with Gasteiger partial charge in [0.25, 0.3) is 0 Å². The number of fused-ring (bicyclic) bond motifs is 9. The maximum Gasteiger partial charge on any atom is 0.0629 e. The lowest BCUT2D eigenvalue weighted by Gasteiger charge is -2.29. The molecule has 3 heteroatoms. The second-order valence-electron chi connectivity index (χ2n) is 13.7. The number of nitrogens with zero attached hydrogens (tertiary/aromatic N) is 2. The lowest BCUT2D eigenvalue weighted by molar-refractivity contribution is 0.745. The van der Waals surface area contributed by atoms with Crippen molar-refractivity contribution in [3.63, 3.8) is 0 Å². The number of aromatic nitrogens is 1. The van der Waals surface area contributed by atoms with Crippen LogP contribution in [0.2, 0.25) is 0 Å². The summed E-state index contributed by atoms with van der Waals surface area (Å²) in [7, 11) is 0. The van der Waals surface area contributed by atoms with Crippen LogP contribution in [0.1, 0.15) is 11.5 Å². The van der Waals surface area contributed by atoms with Crippen LogP contribution in [0.25, 0.3) is 69.9 Å². The number of thiophene rings is 1. The molecule has 2 atom stereocenters. The van der Waals surface area contributed by atoms with Crippen molar-refractivity contribution in [1.82, 2.24) is 4.57 Å². The van der Waals surface area contributed by atoms with E-state index in [1.807, 2.05) is 11.3 Å². The van der Waals surface area contributed by atoms with Crippen LogP contribution in [0, 0.1) is 0 Å². The van der Waals surface area contributed by atoms with E-state index in [-0.39, 0.29) is 12.0 Å². The summed E-state index contributed by atoms with van der Waals surface area (Å²) in [6.07, 6.45) is 9.19. The van der Waals surface area contributed by atoms with Gasteiger partial charge < -0.3 is 9.47 Å². The highest BCUT2D eigenvalue weighted by molar-refractivity contribution is 7.25. The highest BCUT2D eigenvalue weighted by atomic mass is 32.1. The maximum atomic E-state index is 2.57. The van der Waals surface area contributed by atoms with E-state index in [4.69, 9.17) is 0 Å². The first-order valence-electron chi connectivity index (χ1n) is 17.7. The van der Waals surface area contributed by atoms with Gasteiger partial charge in [0.15, 0.2) is 0 Å². The van der Waals surface area contributed by atoms with Crippen LogP contribution < -0.4 is 4.90 Å². The monoisotopic (exact) mass is 668 g/mol. The Bertz CT molecular complexity index is 2860. The molecular formula is C48H32N2S. The molecule has 0 N–H and O–H groups in total. The van der Waals surface area contributed by atoms with E-state index >= 15 is 0 Å². The van der Waals surface area contributed by atoms with Gasteiger partial charge >= 0.3 is 0 Å². The first-order chi connectivity index (χ1) is 25.3. The van der Waals surface area contributed by atoms with Gasteiger partial charge in [-0.3, -0.25) is 0 Å². The van der Waals surface area contributed by atoms with Crippen LogP contribution in [-0.4, -0.2) is 10.6 Å². The lowest BCUT2D eigenvalue weighted by atomic mass is 9.90. The van der Waals surface area contributed by atoms with Gasteiger partial charge in [0.2, 0.25) is 0 Å². The summed E-state index contributed by atoms with van der Waals surface area (Å²) in [6.45, 7) is 0. The normalized spacial score (nSPS) is 16.4. The van der Waals surface area contributed by atoms with E-state index in [0.29, 0.717) is 0 Å². The highest BCUT2D eigenvalue weighted by Crippen LogP contribution is 2.51. The van der Waals surface area contributed by atoms with Crippen LogP contribution >= 0.6 is 11.3 Å². The first-order valence-corrected chi connectivity index (χ1v) is 18.5. The molecular weight excluding hydrogens is 637 g/mol. The Labute approximate surface area is 300 Å². The summed E-state index contributed by atoms with van der Waals surface area (Å²) in [5.41, 5.74) is 12.5. The minimum absolute atomic E-state index is 0.215. The Morgan fingerprint density at radius 2 is 1.06 bits per heavy atom. The van der Waals surface area contributed by atoms with Gasteiger partial charge in [-0.05, 0) is 88.5 Å². The Balaban J connectivity index is 1.17. The van der Waals surface area contributed by atoms with Gasteiger partial charge in [-0.1, -0.05) is 121 Å². The predicted molar refractivity (Wildman–Crippen MR) is 218 cm³/mol. The second kappa shape index (κ2) is 11.2. The number of benzene rings is 7. The molecule has 0 fully saturated rings. The van der Waals surface area contributed by atoms with Gasteiger partial charge in [0.05, 0.1) is 17.1 Å². The fraction of sp³-hybridized carbons (Fsp3) is 0.0417. The van der Waals surface area contributed by atoms with Gasteiger partial charge in [0.1, 0.15) is 0 Å². The minimum atomic E-state index is 0.215. The van der Waals surface area contributed by atoms with Crippen molar-refractivity contribution in [3.8, 4) is 27.9 Å². The zero-order valence-corrected chi connectivity index (χ0v) is 28.6. The average molecular weight is 669 g/mol. The number of allylic oxidation sites excluding steroid dienone is 2. The topological polar surface area (TPSA) is 8.17 Å². The van der Waals surface area contributed by atoms with Crippen molar-refractivity contribution in [2.24, 2.45) is 0 Å². The molecule has 9 aromatic rings. The molecule has 0 bridgehead atoms. The van der Waals surface area contributed by atoms with Crippen molar-refractivity contribution >= 4 is 64.7 Å². The molecule has 0 amide bonds. The third-order valence-corrected chi connectivity index (χ3v) is 12.0. The van der Waals surface area contributed by atoms with Gasteiger partial charge in [-0.25, -0.2) is 0 Å². The molecule has 0 spiro atoms. The van der Waals surface area contributed by atoms with E-state index in [2.05, 4.69) is 191 Å². The Morgan fingerprint density at radius 1 is 0.431 bits per heavy atom. The van der Waals surface area contributed by atoms with Crippen molar-refractivity contribution in [3.05, 3.63) is 188 Å². The zero-order valence-electron chi connectivity index (χ0n) is 27.8. The Hall–Kier alpha value is -6.16. The van der Waals surface area contributed by atoms with Crippen molar-refractivity contribution in [2.45, 2.75) is 12.0 Å². The molecule has 0 saturated carbocycles. The van der Waals surface area contributed by atoms with Gasteiger partial charge in [-0.15, -0.1) is 11.3 Å². The number of hydrogen-bond donors (Lipinski definition) is 0. The fourth-order valence-corrected chi connectivity index (χ4v) is 9.65. The molecule has 2 aromatic heterocycles. The molecule has 7 aromatic carbocycles. The summed E-state index contributed by atoms with van der Waals surface area (Å²) in [5, 5.41) is 5.23. The van der Waals surface area contributed by atoms with Crippen LogP contribution in [-0.2, 0) is 0 Å². The molecule has 2 nitrogen and oxygen atoms in total. The van der Waals surface area contributed by atoms with E-state index in [1.165, 1.54) is 86.9 Å². The molecule has 0 radical (unpaired) electrons. The molecule has 3 heterocycles. The van der Waals surface area contributed by atoms with Crippen LogP contribution in [0.4, 0.5) is 11.4 Å². The third kappa shape index (κ3) is 4.42. The van der Waals surface area contributed by atoms with Crippen molar-refractivity contribution < 1.29 is 0 Å². The summed E-state index contributed by atoms with van der Waals surface area (Å²) < 4.78 is 5.14. The number of hydrogen-bond acceptors (Lipinski definition) is 2. The molecule has 240 valence electrons. The van der Waals surface area contributed by atoms with E-state index < -0.39 is 0 Å². The van der Waals surface area contributed by atoms with E-state index in [9.17, 15) is 0 Å². The maximum absolute atomic E-state index is 2.57. The smallest absolute Gasteiger partial charge is 0.0629 e. The van der Waals surface area contributed by atoms with E-state index in [1.54, 1.807) is 0 Å². The number of rotatable bonds is 4. The highest BCUT2D eigenvalue weighted by Gasteiger charge is 2.38. The van der Waals surface area contributed by atoms with Crippen LogP contribution in [0.5, 0.6) is 0 Å². The number of para-hydroxylation sites is 1. The summed E-state index contributed by atoms with van der Waals surface area (Å²) >= 11 is 1.90. The van der Waals surface area contributed by atoms with Crippen LogP contribution in [0.15, 0.2) is 182 Å². The fourth-order valence-electron chi connectivity index (χ4n) is 8.54. The van der Waals surface area contributed by atoms with E-state index in [0.717, 1.165) is 0 Å². The van der Waals surface area contributed by atoms with Gasteiger partial charge in [0, 0.05) is 53.9 Å². The summed E-state index contributed by atoms with van der Waals surface area (Å²) in [4.78, 5) is 2.57. The molecule has 1 aliphatic carbocycles. The summed E-state index contributed by atoms with van der Waals surface area (Å²) in [5.74, 6) is 0.273. The van der Waals surface area contributed by atoms with Crippen molar-refractivity contribution in [2.75, 3.05) is 4.90 Å². The standard InChI is InChI=1S/C48H32N2S/c1-4-13-31(14-5-1)33-17-12-20-36(25-33)50-43-22-11-10-21-37(43)38-27-39-40-29-48-42(41-26-34(23-24-47(41)51-48)32-15-6-2-7-16-32)28-44(40)49(46(39)30-45(38)50)35-18-8-3-9-19-35/h1-30,37,43H. The van der Waals surface area contributed by atoms with Crippen LogP contribution in [0.3, 0.4) is 0 Å².